The van der Waals surface area contributed by atoms with Gasteiger partial charge in [0, 0.05) is 37.9 Å². The van der Waals surface area contributed by atoms with Gasteiger partial charge in [0.05, 0.1) is 12.2 Å². The highest BCUT2D eigenvalue weighted by atomic mass is 16.2. The Balaban J connectivity index is 1.39. The van der Waals surface area contributed by atoms with E-state index in [1.54, 1.807) is 6.20 Å². The van der Waals surface area contributed by atoms with E-state index in [-0.39, 0.29) is 5.91 Å². The van der Waals surface area contributed by atoms with Gasteiger partial charge < -0.3 is 10.2 Å². The molecule has 2 fully saturated rings. The van der Waals surface area contributed by atoms with Crippen molar-refractivity contribution in [3.8, 4) is 0 Å². The van der Waals surface area contributed by atoms with E-state index >= 15 is 0 Å². The molecular weight excluding hydrogens is 352 g/mol. The van der Waals surface area contributed by atoms with Crippen LogP contribution in [0.1, 0.15) is 42.9 Å². The molecule has 2 aromatic heterocycles. The largest absolute Gasteiger partial charge is 0.342 e. The van der Waals surface area contributed by atoms with Crippen molar-refractivity contribution >= 4 is 17.7 Å². The second-order valence-corrected chi connectivity index (χ2v) is 7.81. The Morgan fingerprint density at radius 1 is 1.14 bits per heavy atom. The molecule has 0 aliphatic carbocycles. The van der Waals surface area contributed by atoms with Crippen molar-refractivity contribution in [1.82, 2.24) is 24.8 Å². The van der Waals surface area contributed by atoms with Crippen LogP contribution in [0.2, 0.25) is 0 Å². The minimum atomic E-state index is 0.272. The zero-order valence-electron chi connectivity index (χ0n) is 16.5. The fraction of sp³-hybridized carbons (Fsp3) is 0.524. The minimum absolute atomic E-state index is 0.272. The van der Waals surface area contributed by atoms with E-state index in [0.29, 0.717) is 18.4 Å². The van der Waals surface area contributed by atoms with Gasteiger partial charge in [-0.25, -0.2) is 15.0 Å². The first-order chi connectivity index (χ1) is 13.7. The number of likely N-dealkylation sites (tertiary alicyclic amines) is 2. The highest BCUT2D eigenvalue weighted by Gasteiger charge is 2.26. The number of aromatic nitrogens is 3. The molecule has 7 heteroatoms. The van der Waals surface area contributed by atoms with Crippen LogP contribution >= 0.6 is 0 Å². The number of piperidine rings is 1. The topological polar surface area (TPSA) is 74.2 Å². The predicted octanol–water partition coefficient (Wildman–Crippen LogP) is 2.73. The van der Waals surface area contributed by atoms with Gasteiger partial charge in [-0.15, -0.1) is 0 Å². The van der Waals surface area contributed by atoms with Crippen LogP contribution in [0.3, 0.4) is 0 Å². The molecule has 7 nitrogen and oxygen atoms in total. The number of nitrogens with one attached hydrogen (secondary N) is 1. The van der Waals surface area contributed by atoms with Gasteiger partial charge in [-0.1, -0.05) is 6.07 Å². The number of pyridine rings is 1. The van der Waals surface area contributed by atoms with Crippen LogP contribution in [0.4, 0.5) is 11.8 Å². The Morgan fingerprint density at radius 2 is 2.00 bits per heavy atom. The molecule has 0 saturated carbocycles. The third kappa shape index (κ3) is 4.65. The maximum atomic E-state index is 12.5. The normalized spacial score (nSPS) is 20.3. The highest BCUT2D eigenvalue weighted by molar-refractivity contribution is 5.78. The molecule has 1 amide bonds. The SMILES string of the molecule is Cc1ccc(Nc2nccc(C3CCCN(CC(=O)N4CCCC4)C3)n2)nc1. The average Bonchev–Trinajstić information content (AvgIpc) is 3.25. The zero-order chi connectivity index (χ0) is 19.3. The Bertz CT molecular complexity index is 803. The van der Waals surface area contributed by atoms with E-state index in [4.69, 9.17) is 4.98 Å². The lowest BCUT2D eigenvalue weighted by Gasteiger charge is -2.33. The van der Waals surface area contributed by atoms with Crippen molar-refractivity contribution in [2.45, 2.75) is 38.5 Å². The summed E-state index contributed by atoms with van der Waals surface area (Å²) in [5.74, 6) is 1.91. The van der Waals surface area contributed by atoms with Crippen molar-refractivity contribution in [3.63, 3.8) is 0 Å². The molecule has 0 spiro atoms. The van der Waals surface area contributed by atoms with E-state index < -0.39 is 0 Å². The number of aryl methyl sites for hydroxylation is 1. The fourth-order valence-electron chi connectivity index (χ4n) is 4.01. The van der Waals surface area contributed by atoms with Gasteiger partial charge in [0.1, 0.15) is 5.82 Å². The summed E-state index contributed by atoms with van der Waals surface area (Å²) in [6, 6.07) is 5.93. The van der Waals surface area contributed by atoms with Gasteiger partial charge in [0.15, 0.2) is 0 Å². The number of carbonyl (C=O) groups excluding carboxylic acids is 1. The lowest BCUT2D eigenvalue weighted by Crippen LogP contribution is -2.43. The van der Waals surface area contributed by atoms with Crippen LogP contribution in [0.15, 0.2) is 30.6 Å². The number of hydrogen-bond acceptors (Lipinski definition) is 6. The lowest BCUT2D eigenvalue weighted by atomic mass is 9.94. The molecule has 1 N–H and O–H groups in total. The quantitative estimate of drug-likeness (QED) is 0.860. The molecule has 2 aliphatic rings. The van der Waals surface area contributed by atoms with Crippen molar-refractivity contribution in [1.29, 1.82) is 0 Å². The lowest BCUT2D eigenvalue weighted by molar-refractivity contribution is -0.131. The summed E-state index contributed by atoms with van der Waals surface area (Å²) in [5.41, 5.74) is 2.15. The van der Waals surface area contributed by atoms with Gasteiger partial charge in [0.25, 0.3) is 0 Å². The fourth-order valence-corrected chi connectivity index (χ4v) is 4.01. The smallest absolute Gasteiger partial charge is 0.236 e. The molecule has 0 radical (unpaired) electrons. The van der Waals surface area contributed by atoms with Crippen molar-refractivity contribution < 1.29 is 4.79 Å². The molecular formula is C21H28N6O. The predicted molar refractivity (Wildman–Crippen MR) is 109 cm³/mol. The van der Waals surface area contributed by atoms with Crippen LogP contribution in [-0.4, -0.2) is 63.4 Å². The molecule has 28 heavy (non-hydrogen) atoms. The summed E-state index contributed by atoms with van der Waals surface area (Å²) in [5, 5.41) is 3.18. The first kappa shape index (κ1) is 18.8. The average molecular weight is 380 g/mol. The van der Waals surface area contributed by atoms with Crippen LogP contribution in [-0.2, 0) is 4.79 Å². The van der Waals surface area contributed by atoms with E-state index in [0.717, 1.165) is 68.9 Å². The standard InChI is InChI=1S/C21H28N6O/c1-16-6-7-19(23-13-16)25-21-22-9-8-18(24-21)17-5-4-10-26(14-17)15-20(28)27-11-2-3-12-27/h6-9,13,17H,2-5,10-12,14-15H2,1H3,(H,22,23,24,25). The second-order valence-electron chi connectivity index (χ2n) is 7.81. The van der Waals surface area contributed by atoms with Gasteiger partial charge in [-0.3, -0.25) is 9.69 Å². The van der Waals surface area contributed by atoms with Gasteiger partial charge in [-0.05, 0) is 56.8 Å². The number of hydrogen-bond donors (Lipinski definition) is 1. The Labute approximate surface area is 166 Å². The summed E-state index contributed by atoms with van der Waals surface area (Å²) in [7, 11) is 0. The Morgan fingerprint density at radius 3 is 2.79 bits per heavy atom. The number of nitrogens with zero attached hydrogens (tertiary/aromatic N) is 5. The summed E-state index contributed by atoms with van der Waals surface area (Å²) in [4.78, 5) is 30.2. The minimum Gasteiger partial charge on any atom is -0.342 e. The summed E-state index contributed by atoms with van der Waals surface area (Å²) in [6.45, 7) is 6.24. The maximum Gasteiger partial charge on any atom is 0.236 e. The number of amides is 1. The number of anilines is 2. The molecule has 148 valence electrons. The Hall–Kier alpha value is -2.54. The van der Waals surface area contributed by atoms with E-state index in [2.05, 4.69) is 20.2 Å². The monoisotopic (exact) mass is 380 g/mol. The third-order valence-corrected chi connectivity index (χ3v) is 5.57. The molecule has 4 heterocycles. The van der Waals surface area contributed by atoms with Gasteiger partial charge in [-0.2, -0.15) is 0 Å². The summed E-state index contributed by atoms with van der Waals surface area (Å²) >= 11 is 0. The van der Waals surface area contributed by atoms with Crippen LogP contribution in [0.25, 0.3) is 0 Å². The molecule has 4 rings (SSSR count). The zero-order valence-corrected chi connectivity index (χ0v) is 16.5. The van der Waals surface area contributed by atoms with Crippen LogP contribution < -0.4 is 5.32 Å². The molecule has 2 aliphatic heterocycles. The van der Waals surface area contributed by atoms with Gasteiger partial charge in [0.2, 0.25) is 11.9 Å². The number of carbonyl (C=O) groups is 1. The second kappa shape index (κ2) is 8.65. The Kier molecular flexibility index (Phi) is 5.81. The van der Waals surface area contributed by atoms with Crippen LogP contribution in [0, 0.1) is 6.92 Å². The van der Waals surface area contributed by atoms with E-state index in [9.17, 15) is 4.79 Å². The third-order valence-electron chi connectivity index (χ3n) is 5.57. The molecule has 1 unspecified atom stereocenters. The summed E-state index contributed by atoms with van der Waals surface area (Å²) in [6.07, 6.45) is 8.08. The number of rotatable bonds is 5. The van der Waals surface area contributed by atoms with Crippen molar-refractivity contribution in [3.05, 3.63) is 41.9 Å². The first-order valence-corrected chi connectivity index (χ1v) is 10.2. The molecule has 0 bridgehead atoms. The summed E-state index contributed by atoms with van der Waals surface area (Å²) < 4.78 is 0. The molecule has 2 saturated heterocycles. The molecule has 0 aromatic carbocycles. The highest BCUT2D eigenvalue weighted by Crippen LogP contribution is 2.26. The van der Waals surface area contributed by atoms with E-state index in [1.165, 1.54) is 0 Å². The van der Waals surface area contributed by atoms with Crippen LogP contribution in [0.5, 0.6) is 0 Å². The van der Waals surface area contributed by atoms with Gasteiger partial charge >= 0.3 is 0 Å². The van der Waals surface area contributed by atoms with E-state index in [1.807, 2.05) is 36.2 Å². The maximum absolute atomic E-state index is 12.5. The van der Waals surface area contributed by atoms with Crippen molar-refractivity contribution in [2.75, 3.05) is 38.0 Å². The molecule has 1 atom stereocenters. The van der Waals surface area contributed by atoms with Crippen molar-refractivity contribution in [2.24, 2.45) is 0 Å². The first-order valence-electron chi connectivity index (χ1n) is 10.2. The molecule has 2 aromatic rings.